The number of halogens is 3. The number of carbonyl (C=O) groups is 1. The average Bonchev–Trinajstić information content (AvgIpc) is 2.64. The number of aliphatic imine (C=N–C) groups is 1. The molecule has 1 aliphatic rings. The van der Waals surface area contributed by atoms with Crippen LogP contribution in [0.25, 0.3) is 10.4 Å². The largest absolute Gasteiger partial charge is 0.444 e. The summed E-state index contributed by atoms with van der Waals surface area (Å²) < 4.78 is 54.1. The summed E-state index contributed by atoms with van der Waals surface area (Å²) in [6.45, 7) is 4.42. The van der Waals surface area contributed by atoms with Gasteiger partial charge >= 0.3 is 6.09 Å². The van der Waals surface area contributed by atoms with E-state index in [9.17, 15) is 18.0 Å². The minimum Gasteiger partial charge on any atom is -0.444 e. The van der Waals surface area contributed by atoms with Gasteiger partial charge in [-0.25, -0.2) is 18.0 Å². The summed E-state index contributed by atoms with van der Waals surface area (Å²) in [4.78, 5) is 18.5. The van der Waals surface area contributed by atoms with Gasteiger partial charge in [0.2, 0.25) is 0 Å². The number of alkyl halides is 2. The number of azide groups is 1. The predicted octanol–water partition coefficient (Wildman–Crippen LogP) is 4.57. The fourth-order valence-electron chi connectivity index (χ4n) is 2.54. The van der Waals surface area contributed by atoms with Crippen molar-refractivity contribution in [3.05, 3.63) is 40.0 Å². The van der Waals surface area contributed by atoms with Crippen LogP contribution in [0.2, 0.25) is 0 Å². The molecule has 2 rings (SSSR count). The monoisotopic (exact) mass is 399 g/mol. The molecule has 0 fully saturated rings. The Morgan fingerprint density at radius 2 is 2.11 bits per heavy atom. The van der Waals surface area contributed by atoms with Gasteiger partial charge in [-0.3, -0.25) is 10.3 Å². The van der Waals surface area contributed by atoms with Crippen LogP contribution in [0.1, 0.15) is 33.3 Å². The van der Waals surface area contributed by atoms with E-state index in [0.717, 1.165) is 25.1 Å². The lowest BCUT2D eigenvalue weighted by Crippen LogP contribution is -2.45. The van der Waals surface area contributed by atoms with Crippen molar-refractivity contribution in [1.29, 1.82) is 0 Å². The van der Waals surface area contributed by atoms with Crippen LogP contribution in [0, 0.1) is 5.82 Å². The van der Waals surface area contributed by atoms with Crippen molar-refractivity contribution < 1.29 is 27.4 Å². The molecule has 1 amide bonds. The number of hydrogen-bond acceptors (Lipinski definition) is 5. The molecular weight excluding hydrogens is 379 g/mol. The summed E-state index contributed by atoms with van der Waals surface area (Å²) in [6.07, 6.45) is -0.911. The molecule has 152 valence electrons. The number of rotatable bonds is 2. The van der Waals surface area contributed by atoms with Gasteiger partial charge in [0.1, 0.15) is 30.5 Å². The summed E-state index contributed by atoms with van der Waals surface area (Å²) in [5, 5.41) is 5.58. The van der Waals surface area contributed by atoms with Crippen molar-refractivity contribution in [1.82, 2.24) is 5.32 Å². The molecule has 1 aromatic carbocycles. The van der Waals surface area contributed by atoms with Gasteiger partial charge in [-0.1, -0.05) is 5.11 Å². The molecule has 1 unspecified atom stereocenters. The van der Waals surface area contributed by atoms with Gasteiger partial charge in [-0.05, 0) is 51.4 Å². The van der Waals surface area contributed by atoms with E-state index in [1.807, 2.05) is 0 Å². The van der Waals surface area contributed by atoms with E-state index < -0.39 is 47.8 Å². The minimum absolute atomic E-state index is 0.0575. The van der Waals surface area contributed by atoms with Crippen LogP contribution in [0.4, 0.5) is 23.7 Å². The molecule has 8 nitrogen and oxygen atoms in total. The topological polar surface area (TPSA) is 109 Å². The molecule has 1 aromatic rings. The zero-order valence-electron chi connectivity index (χ0n) is 15.8. The van der Waals surface area contributed by atoms with Gasteiger partial charge in [0.05, 0.1) is 0 Å². The lowest BCUT2D eigenvalue weighted by Gasteiger charge is -2.33. The lowest BCUT2D eigenvalue weighted by atomic mass is 9.85. The van der Waals surface area contributed by atoms with Crippen molar-refractivity contribution in [2.24, 2.45) is 10.1 Å². The number of nitrogens with zero attached hydrogens (tertiary/aromatic N) is 4. The lowest BCUT2D eigenvalue weighted by molar-refractivity contribution is -0.116. The number of benzene rings is 1. The number of hydrogen-bond donors (Lipinski definition) is 1. The van der Waals surface area contributed by atoms with E-state index in [-0.39, 0.29) is 11.5 Å². The Morgan fingerprint density at radius 3 is 2.71 bits per heavy atom. The molecule has 0 aromatic heterocycles. The van der Waals surface area contributed by atoms with Crippen LogP contribution in [0.15, 0.2) is 28.3 Å². The van der Waals surface area contributed by atoms with Crippen LogP contribution < -0.4 is 5.32 Å². The normalized spacial score (nSPS) is 21.8. The SMILES string of the molecule is CC(C)(C)OC(=O)NC1=NC(C)(c2cc(N=[N+]=[N-])ccc2F)C(F)(F)COC1. The number of carbonyl (C=O) groups excluding carboxylic acids is 1. The van der Waals surface area contributed by atoms with Crippen molar-refractivity contribution in [3.8, 4) is 0 Å². The number of ether oxygens (including phenoxy) is 2. The highest BCUT2D eigenvalue weighted by molar-refractivity contribution is 5.96. The molecular formula is C17H20F3N5O3. The van der Waals surface area contributed by atoms with Crippen LogP contribution in [0.3, 0.4) is 0 Å². The predicted molar refractivity (Wildman–Crippen MR) is 95.1 cm³/mol. The number of nitrogens with one attached hydrogen (secondary N) is 1. The first-order valence-corrected chi connectivity index (χ1v) is 8.27. The standard InChI is InChI=1S/C17H20F3N5O3/c1-15(2,3)28-14(26)22-13-8-27-9-17(19,20)16(4,23-13)11-7-10(24-25-21)5-6-12(11)18/h5-7H,8-9H2,1-4H3,(H,22,23,26). The van der Waals surface area contributed by atoms with E-state index in [1.165, 1.54) is 0 Å². The van der Waals surface area contributed by atoms with E-state index in [1.54, 1.807) is 20.8 Å². The number of amidine groups is 1. The Hall–Kier alpha value is -2.78. The second-order valence-electron chi connectivity index (χ2n) is 7.31. The highest BCUT2D eigenvalue weighted by Gasteiger charge is 2.54. The third-order valence-corrected chi connectivity index (χ3v) is 3.87. The van der Waals surface area contributed by atoms with Gasteiger partial charge < -0.3 is 9.47 Å². The highest BCUT2D eigenvalue weighted by Crippen LogP contribution is 2.44. The number of amides is 1. The van der Waals surface area contributed by atoms with E-state index in [0.29, 0.717) is 0 Å². The van der Waals surface area contributed by atoms with Gasteiger partial charge in [-0.2, -0.15) is 0 Å². The Balaban J connectivity index is 2.51. The Bertz CT molecular complexity index is 847. The molecule has 1 aliphatic heterocycles. The van der Waals surface area contributed by atoms with Crippen molar-refractivity contribution >= 4 is 17.6 Å². The maximum atomic E-state index is 14.8. The van der Waals surface area contributed by atoms with Crippen LogP contribution in [-0.4, -0.2) is 36.7 Å². The second-order valence-corrected chi connectivity index (χ2v) is 7.31. The molecule has 0 aliphatic carbocycles. The fraction of sp³-hybridized carbons (Fsp3) is 0.529. The van der Waals surface area contributed by atoms with E-state index in [2.05, 4.69) is 20.3 Å². The van der Waals surface area contributed by atoms with Gasteiger partial charge in [-0.15, -0.1) is 0 Å². The highest BCUT2D eigenvalue weighted by atomic mass is 19.3. The minimum atomic E-state index is -3.62. The van der Waals surface area contributed by atoms with E-state index in [4.69, 9.17) is 15.0 Å². The molecule has 1 atom stereocenters. The van der Waals surface area contributed by atoms with Crippen LogP contribution in [-0.2, 0) is 15.0 Å². The Kier molecular flexibility index (Phi) is 5.91. The molecule has 1 N–H and O–H groups in total. The molecule has 11 heteroatoms. The molecule has 0 bridgehead atoms. The summed E-state index contributed by atoms with van der Waals surface area (Å²) >= 11 is 0. The summed E-state index contributed by atoms with van der Waals surface area (Å²) in [7, 11) is 0. The maximum Gasteiger partial charge on any atom is 0.413 e. The molecule has 0 saturated heterocycles. The molecule has 28 heavy (non-hydrogen) atoms. The van der Waals surface area contributed by atoms with Gasteiger partial charge in [0.25, 0.3) is 5.92 Å². The third kappa shape index (κ3) is 4.73. The van der Waals surface area contributed by atoms with Crippen molar-refractivity contribution in [2.75, 3.05) is 13.2 Å². The Labute approximate surface area is 159 Å². The first-order chi connectivity index (χ1) is 12.9. The first-order valence-electron chi connectivity index (χ1n) is 8.27. The van der Waals surface area contributed by atoms with Crippen LogP contribution >= 0.6 is 0 Å². The zero-order valence-corrected chi connectivity index (χ0v) is 15.8. The summed E-state index contributed by atoms with van der Waals surface area (Å²) in [5.41, 5.74) is 4.73. The quantitative estimate of drug-likeness (QED) is 0.447. The molecule has 0 saturated carbocycles. The number of alkyl carbamates (subject to hydrolysis) is 1. The van der Waals surface area contributed by atoms with Gasteiger partial charge in [0, 0.05) is 16.2 Å². The second kappa shape index (κ2) is 7.69. The van der Waals surface area contributed by atoms with Gasteiger partial charge in [0.15, 0.2) is 5.54 Å². The third-order valence-electron chi connectivity index (χ3n) is 3.87. The zero-order chi connectivity index (χ0) is 21.2. The maximum absolute atomic E-state index is 14.8. The smallest absolute Gasteiger partial charge is 0.413 e. The summed E-state index contributed by atoms with van der Waals surface area (Å²) in [6, 6.07) is 3.04. The summed E-state index contributed by atoms with van der Waals surface area (Å²) in [5.74, 6) is -4.84. The molecule has 0 radical (unpaired) electrons. The van der Waals surface area contributed by atoms with Crippen LogP contribution in [0.5, 0.6) is 0 Å². The molecule has 1 heterocycles. The van der Waals surface area contributed by atoms with E-state index >= 15 is 0 Å². The fourth-order valence-corrected chi connectivity index (χ4v) is 2.54. The average molecular weight is 399 g/mol. The first kappa shape index (κ1) is 21.5. The van der Waals surface area contributed by atoms with Crippen molar-refractivity contribution in [2.45, 2.75) is 44.8 Å². The Morgan fingerprint density at radius 1 is 1.43 bits per heavy atom. The van der Waals surface area contributed by atoms with Crippen molar-refractivity contribution in [3.63, 3.8) is 0 Å². The molecule has 0 spiro atoms.